The van der Waals surface area contributed by atoms with Crippen molar-refractivity contribution in [1.29, 1.82) is 0 Å². The van der Waals surface area contributed by atoms with Crippen molar-refractivity contribution in [2.24, 2.45) is 0 Å². The summed E-state index contributed by atoms with van der Waals surface area (Å²) < 4.78 is 33.1. The maximum Gasteiger partial charge on any atom is 0.261 e. The van der Waals surface area contributed by atoms with Crippen molar-refractivity contribution in [2.75, 3.05) is 17.6 Å². The summed E-state index contributed by atoms with van der Waals surface area (Å²) in [5, 5.41) is 0. The van der Waals surface area contributed by atoms with E-state index in [-0.39, 0.29) is 4.90 Å². The summed E-state index contributed by atoms with van der Waals surface area (Å²) in [5.41, 5.74) is 7.34. The standard InChI is InChI=1S/C14H15BrN2O3S/c1-20-9-10-4-2-3-5-14(10)17-21(18,19)11-6-7-12(15)13(16)8-11/h2-8,17H,9,16H2,1H3. The van der Waals surface area contributed by atoms with Gasteiger partial charge in [-0.1, -0.05) is 18.2 Å². The van der Waals surface area contributed by atoms with Gasteiger partial charge in [0.15, 0.2) is 0 Å². The Bertz CT molecular complexity index is 748. The van der Waals surface area contributed by atoms with Crippen LogP contribution < -0.4 is 10.5 Å². The Morgan fingerprint density at radius 3 is 2.62 bits per heavy atom. The normalized spacial score (nSPS) is 11.3. The Morgan fingerprint density at radius 1 is 1.24 bits per heavy atom. The highest BCUT2D eigenvalue weighted by molar-refractivity contribution is 9.10. The number of sulfonamides is 1. The lowest BCUT2D eigenvalue weighted by Gasteiger charge is -2.12. The Kier molecular flexibility index (Phi) is 4.87. The van der Waals surface area contributed by atoms with E-state index >= 15 is 0 Å². The Hall–Kier alpha value is -1.57. The third-order valence-electron chi connectivity index (χ3n) is 2.84. The molecule has 2 rings (SSSR count). The molecule has 0 heterocycles. The van der Waals surface area contributed by atoms with E-state index in [0.717, 1.165) is 5.56 Å². The number of anilines is 2. The van der Waals surface area contributed by atoms with Crippen molar-refractivity contribution >= 4 is 37.3 Å². The molecule has 2 aromatic rings. The largest absolute Gasteiger partial charge is 0.398 e. The highest BCUT2D eigenvalue weighted by Gasteiger charge is 2.16. The van der Waals surface area contributed by atoms with Gasteiger partial charge in [-0.3, -0.25) is 4.72 Å². The first kappa shape index (κ1) is 15.8. The molecule has 0 aliphatic carbocycles. The van der Waals surface area contributed by atoms with Gasteiger partial charge < -0.3 is 10.5 Å². The summed E-state index contributed by atoms with van der Waals surface area (Å²) in [6.07, 6.45) is 0. The van der Waals surface area contributed by atoms with E-state index in [4.69, 9.17) is 10.5 Å². The number of hydrogen-bond donors (Lipinski definition) is 2. The van der Waals surface area contributed by atoms with Gasteiger partial charge >= 0.3 is 0 Å². The van der Waals surface area contributed by atoms with Crippen LogP contribution >= 0.6 is 15.9 Å². The second-order valence-corrected chi connectivity index (χ2v) is 6.92. The molecule has 0 aromatic heterocycles. The van der Waals surface area contributed by atoms with Gasteiger partial charge in [0, 0.05) is 22.8 Å². The van der Waals surface area contributed by atoms with Crippen LogP contribution in [0.3, 0.4) is 0 Å². The van der Waals surface area contributed by atoms with Crippen LogP contribution in [0.25, 0.3) is 0 Å². The first-order chi connectivity index (χ1) is 9.94. The maximum atomic E-state index is 12.4. The number of methoxy groups -OCH3 is 1. The quantitative estimate of drug-likeness (QED) is 0.792. The van der Waals surface area contributed by atoms with Crippen LogP contribution in [-0.2, 0) is 21.4 Å². The molecular weight excluding hydrogens is 356 g/mol. The van der Waals surface area contributed by atoms with Crippen LogP contribution in [0.5, 0.6) is 0 Å². The zero-order valence-electron chi connectivity index (χ0n) is 11.3. The first-order valence-electron chi connectivity index (χ1n) is 6.09. The van der Waals surface area contributed by atoms with E-state index in [9.17, 15) is 8.42 Å². The number of para-hydroxylation sites is 1. The number of halogens is 1. The third kappa shape index (κ3) is 3.75. The first-order valence-corrected chi connectivity index (χ1v) is 8.36. The van der Waals surface area contributed by atoms with Crippen molar-refractivity contribution in [3.05, 3.63) is 52.5 Å². The van der Waals surface area contributed by atoms with E-state index < -0.39 is 10.0 Å². The number of nitrogens with one attached hydrogen (secondary N) is 1. The molecule has 112 valence electrons. The smallest absolute Gasteiger partial charge is 0.261 e. The summed E-state index contributed by atoms with van der Waals surface area (Å²) in [5.74, 6) is 0. The molecule has 0 aliphatic rings. The predicted octanol–water partition coefficient (Wildman–Crippen LogP) is 2.98. The number of rotatable bonds is 5. The van der Waals surface area contributed by atoms with Crippen LogP contribution in [0.15, 0.2) is 51.8 Å². The molecule has 0 spiro atoms. The van der Waals surface area contributed by atoms with Crippen molar-refractivity contribution in [3.63, 3.8) is 0 Å². The summed E-state index contributed by atoms with van der Waals surface area (Å²) in [6, 6.07) is 11.6. The van der Waals surface area contributed by atoms with Crippen molar-refractivity contribution < 1.29 is 13.2 Å². The third-order valence-corrected chi connectivity index (χ3v) is 4.92. The topological polar surface area (TPSA) is 81.4 Å². The SMILES string of the molecule is COCc1ccccc1NS(=O)(=O)c1ccc(Br)c(N)c1. The zero-order valence-corrected chi connectivity index (χ0v) is 13.7. The number of hydrogen-bond acceptors (Lipinski definition) is 4. The molecule has 0 bridgehead atoms. The fourth-order valence-corrected chi connectivity index (χ4v) is 3.18. The summed E-state index contributed by atoms with van der Waals surface area (Å²) in [6.45, 7) is 0.321. The molecule has 21 heavy (non-hydrogen) atoms. The van der Waals surface area contributed by atoms with E-state index in [2.05, 4.69) is 20.7 Å². The van der Waals surface area contributed by atoms with Crippen molar-refractivity contribution in [3.8, 4) is 0 Å². The molecule has 0 aliphatic heterocycles. The second kappa shape index (κ2) is 6.46. The van der Waals surface area contributed by atoms with Crippen LogP contribution in [0.1, 0.15) is 5.56 Å². The monoisotopic (exact) mass is 370 g/mol. The van der Waals surface area contributed by atoms with Gasteiger partial charge in [0.2, 0.25) is 0 Å². The maximum absolute atomic E-state index is 12.4. The summed E-state index contributed by atoms with van der Waals surface area (Å²) in [7, 11) is -2.14. The van der Waals surface area contributed by atoms with E-state index in [1.807, 2.05) is 6.07 Å². The number of benzene rings is 2. The summed E-state index contributed by atoms with van der Waals surface area (Å²) in [4.78, 5) is 0.107. The van der Waals surface area contributed by atoms with Gasteiger partial charge in [0.1, 0.15) is 0 Å². The van der Waals surface area contributed by atoms with Gasteiger partial charge in [-0.2, -0.15) is 0 Å². The molecule has 0 saturated carbocycles. The number of nitrogens with two attached hydrogens (primary N) is 1. The molecule has 5 nitrogen and oxygen atoms in total. The Morgan fingerprint density at radius 2 is 1.95 bits per heavy atom. The van der Waals surface area contributed by atoms with Crippen LogP contribution in [0.2, 0.25) is 0 Å². The average Bonchev–Trinajstić information content (AvgIpc) is 2.44. The highest BCUT2D eigenvalue weighted by Crippen LogP contribution is 2.25. The van der Waals surface area contributed by atoms with Gasteiger partial charge in [0.25, 0.3) is 10.0 Å². The second-order valence-electron chi connectivity index (χ2n) is 4.38. The van der Waals surface area contributed by atoms with Gasteiger partial charge in [-0.15, -0.1) is 0 Å². The minimum absolute atomic E-state index is 0.107. The molecule has 0 amide bonds. The van der Waals surface area contributed by atoms with Gasteiger partial charge in [0.05, 0.1) is 17.2 Å². The zero-order chi connectivity index (χ0) is 15.5. The molecule has 0 fully saturated rings. The summed E-state index contributed by atoms with van der Waals surface area (Å²) >= 11 is 3.24. The fraction of sp³-hybridized carbons (Fsp3) is 0.143. The van der Waals surface area contributed by atoms with E-state index in [0.29, 0.717) is 22.5 Å². The van der Waals surface area contributed by atoms with E-state index in [1.165, 1.54) is 12.1 Å². The lowest BCUT2D eigenvalue weighted by Crippen LogP contribution is -2.14. The lowest BCUT2D eigenvalue weighted by atomic mass is 10.2. The molecule has 3 N–H and O–H groups in total. The minimum atomic E-state index is -3.70. The van der Waals surface area contributed by atoms with Gasteiger partial charge in [-0.25, -0.2) is 8.42 Å². The molecule has 0 atom stereocenters. The van der Waals surface area contributed by atoms with Gasteiger partial charge in [-0.05, 0) is 40.2 Å². The average molecular weight is 371 g/mol. The number of nitrogen functional groups attached to an aromatic ring is 1. The molecule has 0 saturated heterocycles. The van der Waals surface area contributed by atoms with E-state index in [1.54, 1.807) is 31.4 Å². The minimum Gasteiger partial charge on any atom is -0.398 e. The Balaban J connectivity index is 2.35. The van der Waals surface area contributed by atoms with Crippen LogP contribution in [0.4, 0.5) is 11.4 Å². The molecule has 0 radical (unpaired) electrons. The van der Waals surface area contributed by atoms with Crippen molar-refractivity contribution in [2.45, 2.75) is 11.5 Å². The lowest BCUT2D eigenvalue weighted by molar-refractivity contribution is 0.185. The fourth-order valence-electron chi connectivity index (χ4n) is 1.79. The van der Waals surface area contributed by atoms with Crippen LogP contribution in [0, 0.1) is 0 Å². The molecule has 2 aromatic carbocycles. The molecule has 7 heteroatoms. The molecule has 0 unspecified atom stereocenters. The number of ether oxygens (including phenoxy) is 1. The molecular formula is C14H15BrN2O3S. The Labute approximate surface area is 132 Å². The predicted molar refractivity (Wildman–Crippen MR) is 86.5 cm³/mol. The van der Waals surface area contributed by atoms with Crippen molar-refractivity contribution in [1.82, 2.24) is 0 Å². The highest BCUT2D eigenvalue weighted by atomic mass is 79.9. The van der Waals surface area contributed by atoms with Crippen LogP contribution in [-0.4, -0.2) is 15.5 Å².